The largest absolute Gasteiger partial charge is 0.357 e. The van der Waals surface area contributed by atoms with Gasteiger partial charge in [-0.05, 0) is 49.7 Å². The Labute approximate surface area is 189 Å². The van der Waals surface area contributed by atoms with Crippen molar-refractivity contribution >= 4 is 51.6 Å². The summed E-state index contributed by atoms with van der Waals surface area (Å²) < 4.78 is 26.1. The molecule has 2 rings (SSSR count). The van der Waals surface area contributed by atoms with Crippen molar-refractivity contribution in [3.8, 4) is 0 Å². The molecule has 2 aromatic carbocycles. The quantitative estimate of drug-likeness (QED) is 0.275. The first-order valence-electron chi connectivity index (χ1n) is 8.74. The minimum absolute atomic E-state index is 0. The van der Waals surface area contributed by atoms with Crippen LogP contribution in [0.5, 0.6) is 0 Å². The van der Waals surface area contributed by atoms with Crippen LogP contribution in [0.1, 0.15) is 18.1 Å². The minimum atomic E-state index is -3.46. The van der Waals surface area contributed by atoms with Crippen LogP contribution in [0.25, 0.3) is 0 Å². The number of aliphatic imine (C=N–C) groups is 1. The van der Waals surface area contributed by atoms with Gasteiger partial charge in [0.05, 0.1) is 11.4 Å². The van der Waals surface area contributed by atoms with E-state index in [2.05, 4.69) is 20.3 Å². The van der Waals surface area contributed by atoms with Gasteiger partial charge < -0.3 is 10.6 Å². The monoisotopic (exact) mass is 536 g/mol. The van der Waals surface area contributed by atoms with Gasteiger partial charge in [0, 0.05) is 18.1 Å². The van der Waals surface area contributed by atoms with E-state index < -0.39 is 10.0 Å². The Bertz CT molecular complexity index is 891. The summed E-state index contributed by atoms with van der Waals surface area (Å²) in [5, 5.41) is 7.21. The molecule has 9 heteroatoms. The molecule has 0 bridgehead atoms. The van der Waals surface area contributed by atoms with E-state index in [1.165, 1.54) is 7.05 Å². The number of hydrogen-bond acceptors (Lipinski definition) is 3. The second-order valence-electron chi connectivity index (χ2n) is 5.82. The third kappa shape index (κ3) is 7.57. The Morgan fingerprint density at radius 3 is 2.54 bits per heavy atom. The van der Waals surface area contributed by atoms with Crippen LogP contribution in [0.2, 0.25) is 5.02 Å². The van der Waals surface area contributed by atoms with Gasteiger partial charge in [0.1, 0.15) is 0 Å². The molecule has 0 atom stereocenters. The molecule has 0 aromatic heterocycles. The number of sulfonamides is 1. The molecular formula is C19H26ClIN4O2S. The summed E-state index contributed by atoms with van der Waals surface area (Å²) in [6.07, 6.45) is 0.778. The fraction of sp³-hybridized carbons (Fsp3) is 0.316. The zero-order valence-electron chi connectivity index (χ0n) is 15.9. The van der Waals surface area contributed by atoms with E-state index in [1.807, 2.05) is 37.3 Å². The summed E-state index contributed by atoms with van der Waals surface area (Å²) in [7, 11) is -2.07. The van der Waals surface area contributed by atoms with Crippen LogP contribution in [0.3, 0.4) is 0 Å². The molecule has 0 amide bonds. The predicted molar refractivity (Wildman–Crippen MR) is 126 cm³/mol. The van der Waals surface area contributed by atoms with Gasteiger partial charge in [0.15, 0.2) is 5.96 Å². The van der Waals surface area contributed by atoms with Crippen LogP contribution >= 0.6 is 35.6 Å². The van der Waals surface area contributed by atoms with Crippen molar-refractivity contribution in [2.75, 3.05) is 20.1 Å². The first-order chi connectivity index (χ1) is 13.0. The second-order valence-corrected chi connectivity index (χ2v) is 8.11. The van der Waals surface area contributed by atoms with Gasteiger partial charge in [-0.15, -0.1) is 24.0 Å². The normalized spacial score (nSPS) is 11.6. The van der Waals surface area contributed by atoms with Crippen LogP contribution < -0.4 is 15.4 Å². The van der Waals surface area contributed by atoms with Crippen molar-refractivity contribution in [3.05, 3.63) is 64.7 Å². The maximum Gasteiger partial charge on any atom is 0.240 e. The predicted octanol–water partition coefficient (Wildman–Crippen LogP) is 3.16. The van der Waals surface area contributed by atoms with Gasteiger partial charge in [-0.2, -0.15) is 0 Å². The molecule has 0 unspecified atom stereocenters. The summed E-state index contributed by atoms with van der Waals surface area (Å²) in [4.78, 5) is 4.76. The average Bonchev–Trinajstić information content (AvgIpc) is 2.68. The number of nitrogens with zero attached hydrogens (tertiary/aromatic N) is 1. The number of nitrogens with one attached hydrogen (secondary N) is 3. The van der Waals surface area contributed by atoms with E-state index in [0.29, 0.717) is 19.0 Å². The van der Waals surface area contributed by atoms with Crippen molar-refractivity contribution in [1.29, 1.82) is 0 Å². The molecule has 6 nitrogen and oxygen atoms in total. The van der Waals surface area contributed by atoms with E-state index >= 15 is 0 Å². The fourth-order valence-electron chi connectivity index (χ4n) is 2.46. The molecule has 0 radical (unpaired) electrons. The summed E-state index contributed by atoms with van der Waals surface area (Å²) in [5.41, 5.74) is 1.89. The average molecular weight is 537 g/mol. The summed E-state index contributed by atoms with van der Waals surface area (Å²) in [5.74, 6) is 0.673. The Morgan fingerprint density at radius 2 is 1.86 bits per heavy atom. The molecule has 0 heterocycles. The topological polar surface area (TPSA) is 82.6 Å². The van der Waals surface area contributed by atoms with Crippen molar-refractivity contribution in [1.82, 2.24) is 15.4 Å². The Kier molecular flexibility index (Phi) is 10.8. The number of hydrogen-bond donors (Lipinski definition) is 3. The van der Waals surface area contributed by atoms with Crippen molar-refractivity contribution in [2.24, 2.45) is 4.99 Å². The van der Waals surface area contributed by atoms with E-state index in [0.717, 1.165) is 29.1 Å². The maximum atomic E-state index is 11.9. The third-order valence-corrected chi connectivity index (χ3v) is 5.67. The SMILES string of the molecule is CCNC(=NCc1cccc(S(=O)(=O)NC)c1)NCCc1ccccc1Cl.I. The summed E-state index contributed by atoms with van der Waals surface area (Å²) in [6.45, 7) is 3.77. The van der Waals surface area contributed by atoms with E-state index in [-0.39, 0.29) is 28.9 Å². The molecule has 0 spiro atoms. The van der Waals surface area contributed by atoms with Gasteiger partial charge in [-0.3, -0.25) is 0 Å². The van der Waals surface area contributed by atoms with Crippen molar-refractivity contribution in [3.63, 3.8) is 0 Å². The lowest BCUT2D eigenvalue weighted by Gasteiger charge is -2.12. The van der Waals surface area contributed by atoms with E-state index in [9.17, 15) is 8.42 Å². The molecule has 154 valence electrons. The zero-order valence-corrected chi connectivity index (χ0v) is 19.8. The molecule has 2 aromatic rings. The smallest absolute Gasteiger partial charge is 0.240 e. The first kappa shape index (κ1) is 24.7. The Balaban J connectivity index is 0.00000392. The molecule has 0 aliphatic rings. The molecule has 3 N–H and O–H groups in total. The third-order valence-electron chi connectivity index (χ3n) is 3.89. The van der Waals surface area contributed by atoms with E-state index in [1.54, 1.807) is 18.2 Å². The summed E-state index contributed by atoms with van der Waals surface area (Å²) >= 11 is 6.18. The van der Waals surface area contributed by atoms with Crippen LogP contribution in [-0.2, 0) is 23.0 Å². The van der Waals surface area contributed by atoms with Gasteiger partial charge in [-0.1, -0.05) is 41.9 Å². The van der Waals surface area contributed by atoms with Crippen LogP contribution in [0, 0.1) is 0 Å². The Morgan fingerprint density at radius 1 is 1.11 bits per heavy atom. The molecular weight excluding hydrogens is 511 g/mol. The lowest BCUT2D eigenvalue weighted by molar-refractivity contribution is 0.588. The second kappa shape index (κ2) is 12.3. The van der Waals surface area contributed by atoms with Gasteiger partial charge >= 0.3 is 0 Å². The molecule has 0 aliphatic heterocycles. The lowest BCUT2D eigenvalue weighted by atomic mass is 10.1. The maximum absolute atomic E-state index is 11.9. The minimum Gasteiger partial charge on any atom is -0.357 e. The van der Waals surface area contributed by atoms with Crippen molar-refractivity contribution in [2.45, 2.75) is 24.8 Å². The van der Waals surface area contributed by atoms with Crippen LogP contribution in [0.4, 0.5) is 0 Å². The molecule has 0 saturated heterocycles. The van der Waals surface area contributed by atoms with Gasteiger partial charge in [0.25, 0.3) is 0 Å². The Hall–Kier alpha value is -1.36. The highest BCUT2D eigenvalue weighted by molar-refractivity contribution is 14.0. The first-order valence-corrected chi connectivity index (χ1v) is 10.6. The van der Waals surface area contributed by atoms with E-state index in [4.69, 9.17) is 11.6 Å². The molecule has 0 fully saturated rings. The van der Waals surface area contributed by atoms with Crippen LogP contribution in [-0.4, -0.2) is 34.5 Å². The molecule has 0 saturated carbocycles. The zero-order chi connectivity index (χ0) is 19.7. The highest BCUT2D eigenvalue weighted by Crippen LogP contribution is 2.15. The van der Waals surface area contributed by atoms with Crippen molar-refractivity contribution < 1.29 is 8.42 Å². The summed E-state index contributed by atoms with van der Waals surface area (Å²) in [6, 6.07) is 14.5. The highest BCUT2D eigenvalue weighted by Gasteiger charge is 2.11. The van der Waals surface area contributed by atoms with Gasteiger partial charge in [0.2, 0.25) is 10.0 Å². The number of halogens is 2. The van der Waals surface area contributed by atoms with Crippen LogP contribution in [0.15, 0.2) is 58.4 Å². The highest BCUT2D eigenvalue weighted by atomic mass is 127. The lowest BCUT2D eigenvalue weighted by Crippen LogP contribution is -2.38. The molecule has 28 heavy (non-hydrogen) atoms. The number of benzene rings is 2. The fourth-order valence-corrected chi connectivity index (χ4v) is 3.49. The molecule has 0 aliphatic carbocycles. The number of guanidine groups is 1. The standard InChI is InChI=1S/C19H25ClN4O2S.HI/c1-3-22-19(23-12-11-16-8-4-5-10-18(16)20)24-14-15-7-6-9-17(13-15)27(25,26)21-2;/h4-10,13,21H,3,11-12,14H2,1-2H3,(H2,22,23,24);1H. The number of rotatable bonds is 8. The van der Waals surface area contributed by atoms with Gasteiger partial charge in [-0.25, -0.2) is 18.1 Å².